The number of hydrogen-bond acceptors (Lipinski definition) is 4. The van der Waals surface area contributed by atoms with Gasteiger partial charge in [-0.3, -0.25) is 0 Å². The lowest BCUT2D eigenvalue weighted by Crippen LogP contribution is -2.36. The number of piperidine rings is 1. The van der Waals surface area contributed by atoms with Gasteiger partial charge in [0.05, 0.1) is 7.11 Å². The first kappa shape index (κ1) is 15.1. The lowest BCUT2D eigenvalue weighted by molar-refractivity contribution is 0.222. The molecule has 1 aromatic carbocycles. The van der Waals surface area contributed by atoms with Gasteiger partial charge in [-0.2, -0.15) is 0 Å². The van der Waals surface area contributed by atoms with E-state index >= 15 is 0 Å². The second kappa shape index (κ2) is 6.95. The van der Waals surface area contributed by atoms with Crippen LogP contribution >= 0.6 is 0 Å². The number of nitrogens with zero attached hydrogens (tertiary/aromatic N) is 2. The summed E-state index contributed by atoms with van der Waals surface area (Å²) in [4.78, 5) is 4.74. The number of rotatable bonds is 5. The van der Waals surface area contributed by atoms with Gasteiger partial charge in [0, 0.05) is 31.9 Å². The van der Waals surface area contributed by atoms with Crippen molar-refractivity contribution in [2.75, 3.05) is 45.7 Å². The average Bonchev–Trinajstić information content (AvgIpc) is 2.48. The molecule has 112 valence electrons. The third-order valence-electron chi connectivity index (χ3n) is 4.29. The standard InChI is InChI=1S/C16H27N3O/c1-18-8-6-13(7-9-18)12-19(2)16-10-15(20-3)5-4-14(16)11-17/h4-5,10,13H,6-9,11-12,17H2,1-3H3. The van der Waals surface area contributed by atoms with E-state index in [9.17, 15) is 0 Å². The minimum Gasteiger partial charge on any atom is -0.497 e. The molecular weight excluding hydrogens is 250 g/mol. The summed E-state index contributed by atoms with van der Waals surface area (Å²) in [6, 6.07) is 6.14. The Labute approximate surface area is 122 Å². The Morgan fingerprint density at radius 3 is 2.65 bits per heavy atom. The fraction of sp³-hybridized carbons (Fsp3) is 0.625. The van der Waals surface area contributed by atoms with E-state index in [1.165, 1.54) is 37.2 Å². The minimum absolute atomic E-state index is 0.567. The van der Waals surface area contributed by atoms with Gasteiger partial charge in [-0.05, 0) is 50.5 Å². The Morgan fingerprint density at radius 2 is 2.05 bits per heavy atom. The van der Waals surface area contributed by atoms with Gasteiger partial charge in [-0.25, -0.2) is 0 Å². The van der Waals surface area contributed by atoms with Crippen LogP contribution in [-0.2, 0) is 6.54 Å². The number of hydrogen-bond donors (Lipinski definition) is 1. The quantitative estimate of drug-likeness (QED) is 0.893. The molecule has 0 aliphatic carbocycles. The van der Waals surface area contributed by atoms with Gasteiger partial charge in [0.1, 0.15) is 5.75 Å². The summed E-state index contributed by atoms with van der Waals surface area (Å²) < 4.78 is 5.33. The maximum absolute atomic E-state index is 5.86. The summed E-state index contributed by atoms with van der Waals surface area (Å²) in [5.74, 6) is 1.67. The fourth-order valence-electron chi connectivity index (χ4n) is 2.93. The van der Waals surface area contributed by atoms with Crippen molar-refractivity contribution in [1.29, 1.82) is 0 Å². The first-order valence-corrected chi connectivity index (χ1v) is 7.40. The highest BCUT2D eigenvalue weighted by Crippen LogP contribution is 2.27. The van der Waals surface area contributed by atoms with Crippen molar-refractivity contribution in [2.45, 2.75) is 19.4 Å². The zero-order chi connectivity index (χ0) is 14.5. The van der Waals surface area contributed by atoms with Crippen LogP contribution in [0.1, 0.15) is 18.4 Å². The summed E-state index contributed by atoms with van der Waals surface area (Å²) in [5.41, 5.74) is 8.24. The molecule has 20 heavy (non-hydrogen) atoms. The van der Waals surface area contributed by atoms with Crippen molar-refractivity contribution in [1.82, 2.24) is 4.90 Å². The predicted molar refractivity (Wildman–Crippen MR) is 84.4 cm³/mol. The Hall–Kier alpha value is -1.26. The molecule has 0 unspecified atom stereocenters. The third kappa shape index (κ3) is 3.64. The third-order valence-corrected chi connectivity index (χ3v) is 4.29. The van der Waals surface area contributed by atoms with Gasteiger partial charge < -0.3 is 20.3 Å². The zero-order valence-electron chi connectivity index (χ0n) is 12.9. The molecule has 4 heteroatoms. The largest absolute Gasteiger partial charge is 0.497 e. The molecule has 1 heterocycles. The lowest BCUT2D eigenvalue weighted by Gasteiger charge is -2.33. The van der Waals surface area contributed by atoms with Crippen LogP contribution < -0.4 is 15.4 Å². The molecular formula is C16H27N3O. The highest BCUT2D eigenvalue weighted by molar-refractivity contribution is 5.56. The number of ether oxygens (including phenoxy) is 1. The number of anilines is 1. The molecule has 2 N–H and O–H groups in total. The van der Waals surface area contributed by atoms with Crippen molar-refractivity contribution < 1.29 is 4.74 Å². The van der Waals surface area contributed by atoms with Gasteiger partial charge in [0.2, 0.25) is 0 Å². The van der Waals surface area contributed by atoms with E-state index in [0.717, 1.165) is 18.2 Å². The maximum Gasteiger partial charge on any atom is 0.120 e. The van der Waals surface area contributed by atoms with E-state index in [2.05, 4.69) is 36.0 Å². The smallest absolute Gasteiger partial charge is 0.120 e. The van der Waals surface area contributed by atoms with E-state index in [1.807, 2.05) is 6.07 Å². The van der Waals surface area contributed by atoms with Crippen LogP contribution in [0.15, 0.2) is 18.2 Å². The number of likely N-dealkylation sites (tertiary alicyclic amines) is 1. The molecule has 1 aromatic rings. The lowest BCUT2D eigenvalue weighted by atomic mass is 9.96. The van der Waals surface area contributed by atoms with Gasteiger partial charge >= 0.3 is 0 Å². The van der Waals surface area contributed by atoms with Crippen molar-refractivity contribution in [3.8, 4) is 5.75 Å². The van der Waals surface area contributed by atoms with E-state index in [1.54, 1.807) is 7.11 Å². The van der Waals surface area contributed by atoms with Crippen LogP contribution in [0.3, 0.4) is 0 Å². The molecule has 4 nitrogen and oxygen atoms in total. The summed E-state index contributed by atoms with van der Waals surface area (Å²) in [5, 5.41) is 0. The molecule has 0 atom stereocenters. The summed E-state index contributed by atoms with van der Waals surface area (Å²) in [7, 11) is 6.07. The molecule has 0 saturated carbocycles. The minimum atomic E-state index is 0.567. The molecule has 1 saturated heterocycles. The van der Waals surface area contributed by atoms with Crippen molar-refractivity contribution in [2.24, 2.45) is 11.7 Å². The summed E-state index contributed by atoms with van der Waals surface area (Å²) >= 11 is 0. The molecule has 0 amide bonds. The van der Waals surface area contributed by atoms with Gasteiger partial charge in [-0.15, -0.1) is 0 Å². The predicted octanol–water partition coefficient (Wildman–Crippen LogP) is 1.93. The molecule has 1 aliphatic rings. The summed E-state index contributed by atoms with van der Waals surface area (Å²) in [6.07, 6.45) is 2.56. The highest BCUT2D eigenvalue weighted by Gasteiger charge is 2.19. The highest BCUT2D eigenvalue weighted by atomic mass is 16.5. The molecule has 1 aliphatic heterocycles. The first-order valence-electron chi connectivity index (χ1n) is 7.40. The van der Waals surface area contributed by atoms with Crippen molar-refractivity contribution in [3.63, 3.8) is 0 Å². The number of methoxy groups -OCH3 is 1. The van der Waals surface area contributed by atoms with Crippen LogP contribution in [0.5, 0.6) is 5.75 Å². The van der Waals surface area contributed by atoms with Crippen LogP contribution in [0, 0.1) is 5.92 Å². The Kier molecular flexibility index (Phi) is 5.26. The van der Waals surface area contributed by atoms with Crippen LogP contribution in [0.2, 0.25) is 0 Å². The van der Waals surface area contributed by atoms with Crippen molar-refractivity contribution in [3.05, 3.63) is 23.8 Å². The van der Waals surface area contributed by atoms with Crippen LogP contribution in [-0.4, -0.2) is 45.7 Å². The van der Waals surface area contributed by atoms with E-state index in [4.69, 9.17) is 10.5 Å². The second-order valence-electron chi connectivity index (χ2n) is 5.83. The molecule has 0 spiro atoms. The van der Waals surface area contributed by atoms with Gasteiger partial charge in [0.15, 0.2) is 0 Å². The van der Waals surface area contributed by atoms with Gasteiger partial charge in [-0.1, -0.05) is 6.07 Å². The average molecular weight is 277 g/mol. The molecule has 0 aromatic heterocycles. The Bertz CT molecular complexity index is 428. The molecule has 0 bridgehead atoms. The Morgan fingerprint density at radius 1 is 1.35 bits per heavy atom. The van der Waals surface area contributed by atoms with Gasteiger partial charge in [0.25, 0.3) is 0 Å². The van der Waals surface area contributed by atoms with Crippen LogP contribution in [0.25, 0.3) is 0 Å². The maximum atomic E-state index is 5.86. The topological polar surface area (TPSA) is 41.7 Å². The normalized spacial score (nSPS) is 17.2. The van der Waals surface area contributed by atoms with E-state index in [-0.39, 0.29) is 0 Å². The van der Waals surface area contributed by atoms with Crippen molar-refractivity contribution >= 4 is 5.69 Å². The zero-order valence-corrected chi connectivity index (χ0v) is 12.9. The Balaban J connectivity index is 2.05. The second-order valence-corrected chi connectivity index (χ2v) is 5.83. The number of nitrogens with two attached hydrogens (primary N) is 1. The van der Waals surface area contributed by atoms with E-state index < -0.39 is 0 Å². The molecule has 0 radical (unpaired) electrons. The van der Waals surface area contributed by atoms with E-state index in [0.29, 0.717) is 6.54 Å². The molecule has 1 fully saturated rings. The number of benzene rings is 1. The SMILES string of the molecule is COc1ccc(CN)c(N(C)CC2CCN(C)CC2)c1. The monoisotopic (exact) mass is 277 g/mol. The summed E-state index contributed by atoms with van der Waals surface area (Å²) in [6.45, 7) is 4.08. The molecule has 2 rings (SSSR count). The van der Waals surface area contributed by atoms with Crippen LogP contribution in [0.4, 0.5) is 5.69 Å². The first-order chi connectivity index (χ1) is 9.63. The fourth-order valence-corrected chi connectivity index (χ4v) is 2.93.